The maximum absolute atomic E-state index is 13.8. The summed E-state index contributed by atoms with van der Waals surface area (Å²) in [6.07, 6.45) is 3.89. The largest absolute Gasteiger partial charge is 0.396 e. The minimum atomic E-state index is -0.560. The van der Waals surface area contributed by atoms with Crippen LogP contribution in [0.1, 0.15) is 43.9 Å². The van der Waals surface area contributed by atoms with Crippen molar-refractivity contribution < 1.29 is 23.9 Å². The lowest BCUT2D eigenvalue weighted by Crippen LogP contribution is -2.53. The third-order valence-electron chi connectivity index (χ3n) is 5.92. The summed E-state index contributed by atoms with van der Waals surface area (Å²) in [6.45, 7) is 5.43. The minimum absolute atomic E-state index is 0.0274. The molecule has 0 fully saturated rings. The van der Waals surface area contributed by atoms with Gasteiger partial charge >= 0.3 is 6.03 Å². The van der Waals surface area contributed by atoms with Crippen LogP contribution in [0, 0.1) is 11.2 Å². The molecule has 2 aromatic rings. The van der Waals surface area contributed by atoms with Gasteiger partial charge in [-0.05, 0) is 40.7 Å². The van der Waals surface area contributed by atoms with Crippen LogP contribution in [0.25, 0.3) is 6.08 Å². The number of hydroxylamine groups is 1. The summed E-state index contributed by atoms with van der Waals surface area (Å²) in [5.41, 5.74) is 7.45. The molecule has 36 heavy (non-hydrogen) atoms. The number of carbonyl (C=O) groups is 2. The number of benzene rings is 2. The molecule has 194 valence electrons. The first kappa shape index (κ1) is 27.6. The van der Waals surface area contributed by atoms with Gasteiger partial charge in [0.05, 0.1) is 24.2 Å². The normalized spacial score (nSPS) is 13.8. The molecule has 2 aromatic carbocycles. The molecule has 1 heterocycles. The van der Waals surface area contributed by atoms with Gasteiger partial charge in [-0.15, -0.1) is 0 Å². The quantitative estimate of drug-likeness (QED) is 0.409. The number of hydrogen-bond donors (Lipinski definition) is 3. The van der Waals surface area contributed by atoms with Crippen LogP contribution < -0.4 is 10.9 Å². The molecule has 0 saturated heterocycles. The highest BCUT2D eigenvalue weighted by Gasteiger charge is 2.30. The molecule has 0 bridgehead atoms. The summed E-state index contributed by atoms with van der Waals surface area (Å²) in [6, 6.07) is 11.2. The molecule has 1 aliphatic rings. The number of halogens is 2. The molecule has 10 heteroatoms. The van der Waals surface area contributed by atoms with Gasteiger partial charge in [0.15, 0.2) is 0 Å². The van der Waals surface area contributed by atoms with E-state index in [1.165, 1.54) is 29.0 Å². The Morgan fingerprint density at radius 2 is 2.00 bits per heavy atom. The summed E-state index contributed by atoms with van der Waals surface area (Å²) >= 11 is 6.05. The Morgan fingerprint density at radius 3 is 2.72 bits per heavy atom. The topological polar surface area (TPSA) is 94.1 Å². The zero-order valence-electron chi connectivity index (χ0n) is 20.6. The molecule has 3 rings (SSSR count). The van der Waals surface area contributed by atoms with Crippen molar-refractivity contribution >= 4 is 29.6 Å². The molecule has 0 spiro atoms. The monoisotopic (exact) mass is 518 g/mol. The number of nitrogens with zero attached hydrogens (tertiary/aromatic N) is 2. The number of hydrogen-bond acceptors (Lipinski definition) is 5. The minimum Gasteiger partial charge on any atom is -0.396 e. The highest BCUT2D eigenvalue weighted by molar-refractivity contribution is 6.31. The smallest absolute Gasteiger partial charge is 0.345 e. The third-order valence-corrected chi connectivity index (χ3v) is 6.34. The Kier molecular flexibility index (Phi) is 9.44. The van der Waals surface area contributed by atoms with E-state index in [9.17, 15) is 19.1 Å². The van der Waals surface area contributed by atoms with E-state index in [4.69, 9.17) is 16.4 Å². The van der Waals surface area contributed by atoms with Gasteiger partial charge in [0.25, 0.3) is 0 Å². The fourth-order valence-corrected chi connectivity index (χ4v) is 4.12. The fraction of sp³-hybridized carbons (Fsp3) is 0.385. The van der Waals surface area contributed by atoms with E-state index in [0.29, 0.717) is 18.5 Å². The highest BCUT2D eigenvalue weighted by Crippen LogP contribution is 2.25. The van der Waals surface area contributed by atoms with E-state index in [0.717, 1.165) is 11.1 Å². The Morgan fingerprint density at radius 1 is 1.25 bits per heavy atom. The zero-order chi connectivity index (χ0) is 26.3. The highest BCUT2D eigenvalue weighted by atomic mass is 35.5. The predicted molar refractivity (Wildman–Crippen MR) is 136 cm³/mol. The maximum atomic E-state index is 13.8. The number of aliphatic hydroxyl groups excluding tert-OH is 1. The van der Waals surface area contributed by atoms with E-state index < -0.39 is 23.3 Å². The number of amides is 3. The van der Waals surface area contributed by atoms with Crippen LogP contribution in [0.5, 0.6) is 0 Å². The predicted octanol–water partition coefficient (Wildman–Crippen LogP) is 4.24. The third kappa shape index (κ3) is 7.27. The molecular weight excluding hydrogens is 487 g/mol. The Labute approximate surface area is 215 Å². The zero-order valence-corrected chi connectivity index (χ0v) is 21.4. The van der Waals surface area contributed by atoms with Crippen molar-refractivity contribution in [3.05, 3.63) is 76.2 Å². The van der Waals surface area contributed by atoms with Gasteiger partial charge in [0.2, 0.25) is 5.91 Å². The van der Waals surface area contributed by atoms with Crippen molar-refractivity contribution in [3.63, 3.8) is 0 Å². The first-order valence-corrected chi connectivity index (χ1v) is 12.0. The average molecular weight is 519 g/mol. The van der Waals surface area contributed by atoms with Crippen LogP contribution in [-0.2, 0) is 22.7 Å². The van der Waals surface area contributed by atoms with E-state index in [1.54, 1.807) is 12.3 Å². The summed E-state index contributed by atoms with van der Waals surface area (Å²) < 4.78 is 13.8. The van der Waals surface area contributed by atoms with Gasteiger partial charge < -0.3 is 5.11 Å². The number of aliphatic hydroxyl groups is 1. The second-order valence-corrected chi connectivity index (χ2v) is 9.86. The molecule has 8 nitrogen and oxygen atoms in total. The second kappa shape index (κ2) is 12.3. The molecule has 1 atom stereocenters. The first-order valence-electron chi connectivity index (χ1n) is 11.6. The number of nitrogens with one attached hydrogen (secondary N) is 2. The number of urea groups is 1. The van der Waals surface area contributed by atoms with Gasteiger partial charge in [0, 0.05) is 26.3 Å². The molecule has 0 saturated carbocycles. The van der Waals surface area contributed by atoms with Crippen molar-refractivity contribution in [2.75, 3.05) is 13.2 Å². The summed E-state index contributed by atoms with van der Waals surface area (Å²) in [5, 5.41) is 11.1. The van der Waals surface area contributed by atoms with E-state index in [1.807, 2.05) is 44.2 Å². The van der Waals surface area contributed by atoms with Crippen LogP contribution in [0.3, 0.4) is 0 Å². The maximum Gasteiger partial charge on any atom is 0.345 e. The Balaban J connectivity index is 1.65. The van der Waals surface area contributed by atoms with Crippen molar-refractivity contribution in [2.24, 2.45) is 5.41 Å². The molecule has 0 aliphatic carbocycles. The number of fused-ring (bicyclic) bond motifs is 1. The molecule has 0 aromatic heterocycles. The second-order valence-electron chi connectivity index (χ2n) is 9.48. The molecule has 3 N–H and O–H groups in total. The van der Waals surface area contributed by atoms with Gasteiger partial charge in [-0.2, -0.15) is 0 Å². The lowest BCUT2D eigenvalue weighted by molar-refractivity contribution is -0.139. The first-order chi connectivity index (χ1) is 17.1. The van der Waals surface area contributed by atoms with E-state index in [-0.39, 0.29) is 30.7 Å². The van der Waals surface area contributed by atoms with Crippen molar-refractivity contribution in [1.82, 2.24) is 20.8 Å². The van der Waals surface area contributed by atoms with E-state index >= 15 is 0 Å². The SMILES string of the molecule is CC(=O)N(NCc1cccc(F)c1Cl)[C@H](CONC(=O)N1C=Cc2ccccc2C1)CC(C)(C)CO. The van der Waals surface area contributed by atoms with Crippen molar-refractivity contribution in [2.45, 2.75) is 46.3 Å². The average Bonchev–Trinajstić information content (AvgIpc) is 2.85. The molecule has 0 unspecified atom stereocenters. The van der Waals surface area contributed by atoms with Gasteiger partial charge in [-0.25, -0.2) is 20.1 Å². The van der Waals surface area contributed by atoms with Crippen molar-refractivity contribution in [1.29, 1.82) is 0 Å². The van der Waals surface area contributed by atoms with Crippen LogP contribution in [0.15, 0.2) is 48.7 Å². The number of carbonyl (C=O) groups excluding carboxylic acids is 2. The van der Waals surface area contributed by atoms with Crippen LogP contribution >= 0.6 is 11.6 Å². The summed E-state index contributed by atoms with van der Waals surface area (Å²) in [4.78, 5) is 32.2. The molecule has 3 amide bonds. The standard InChI is InChI=1S/C26H32ClFN4O4/c1-18(34)32(29-14-20-9-6-10-23(28)24(20)27)22(13-26(2,3)17-33)16-36-30-25(35)31-12-11-19-7-4-5-8-21(19)15-31/h4-12,22,29,33H,13-17H2,1-3H3,(H,30,35)/t22-/m0/s1. The van der Waals surface area contributed by atoms with Gasteiger partial charge in [-0.3, -0.25) is 19.5 Å². The molecule has 1 aliphatic heterocycles. The molecular formula is C26H32ClFN4O4. The molecule has 0 radical (unpaired) electrons. The lowest BCUT2D eigenvalue weighted by atomic mass is 9.86. The summed E-state index contributed by atoms with van der Waals surface area (Å²) in [7, 11) is 0. The Bertz CT molecular complexity index is 1110. The fourth-order valence-electron chi connectivity index (χ4n) is 3.93. The van der Waals surface area contributed by atoms with Crippen LogP contribution in [0.4, 0.5) is 9.18 Å². The number of hydrazine groups is 1. The Hall–Kier alpha value is -2.98. The lowest BCUT2D eigenvalue weighted by Gasteiger charge is -2.36. The van der Waals surface area contributed by atoms with Crippen LogP contribution in [-0.4, -0.2) is 46.2 Å². The summed E-state index contributed by atoms with van der Waals surface area (Å²) in [5.74, 6) is -0.865. The van der Waals surface area contributed by atoms with Crippen molar-refractivity contribution in [3.8, 4) is 0 Å². The van der Waals surface area contributed by atoms with Gasteiger partial charge in [0.1, 0.15) is 5.82 Å². The van der Waals surface area contributed by atoms with E-state index in [2.05, 4.69) is 10.9 Å². The number of rotatable bonds is 10. The van der Waals surface area contributed by atoms with Gasteiger partial charge in [-0.1, -0.05) is 61.8 Å². The van der Waals surface area contributed by atoms with Crippen LogP contribution in [0.2, 0.25) is 5.02 Å².